The second-order valence-electron chi connectivity index (χ2n) is 7.09. The Labute approximate surface area is 128 Å². The Bertz CT molecular complexity index is 516. The zero-order chi connectivity index (χ0) is 15.0. The van der Waals surface area contributed by atoms with E-state index in [1.54, 1.807) is 0 Å². The molecule has 0 spiro atoms. The fourth-order valence-electron chi connectivity index (χ4n) is 3.56. The van der Waals surface area contributed by atoms with Gasteiger partial charge in [0.05, 0.1) is 0 Å². The molecule has 2 aliphatic heterocycles. The first-order valence-electron chi connectivity index (χ1n) is 8.25. The topological polar surface area (TPSA) is 24.5 Å². The van der Waals surface area contributed by atoms with Crippen LogP contribution in [-0.2, 0) is 6.42 Å². The SMILES string of the molecule is CCC1(C)CNC(C)CN1CC1Cc2cc(C)ccc2O1. The quantitative estimate of drug-likeness (QED) is 0.925. The molecule has 0 amide bonds. The molecule has 3 heteroatoms. The van der Waals surface area contributed by atoms with Crippen LogP contribution in [0.1, 0.15) is 38.3 Å². The molecule has 0 bridgehead atoms. The molecule has 1 aromatic rings. The number of benzene rings is 1. The summed E-state index contributed by atoms with van der Waals surface area (Å²) in [4.78, 5) is 2.64. The van der Waals surface area contributed by atoms with Gasteiger partial charge in [-0.3, -0.25) is 4.90 Å². The zero-order valence-electron chi connectivity index (χ0n) is 13.8. The lowest BCUT2D eigenvalue weighted by atomic mass is 9.91. The summed E-state index contributed by atoms with van der Waals surface area (Å²) in [6.07, 6.45) is 2.53. The van der Waals surface area contributed by atoms with Gasteiger partial charge in [0.1, 0.15) is 11.9 Å². The second-order valence-corrected chi connectivity index (χ2v) is 7.09. The van der Waals surface area contributed by atoms with Gasteiger partial charge in [-0.15, -0.1) is 0 Å². The van der Waals surface area contributed by atoms with Gasteiger partial charge in [-0.25, -0.2) is 0 Å². The highest BCUT2D eigenvalue weighted by atomic mass is 16.5. The fourth-order valence-corrected chi connectivity index (χ4v) is 3.56. The molecule has 2 aliphatic rings. The van der Waals surface area contributed by atoms with Gasteiger partial charge >= 0.3 is 0 Å². The van der Waals surface area contributed by atoms with E-state index in [0.717, 1.165) is 31.8 Å². The summed E-state index contributed by atoms with van der Waals surface area (Å²) in [5.74, 6) is 1.09. The second kappa shape index (κ2) is 5.62. The molecule has 0 radical (unpaired) electrons. The third kappa shape index (κ3) is 2.95. The fraction of sp³-hybridized carbons (Fsp3) is 0.667. The van der Waals surface area contributed by atoms with E-state index in [1.807, 2.05) is 0 Å². The van der Waals surface area contributed by atoms with Crippen molar-refractivity contribution in [2.45, 2.75) is 58.2 Å². The van der Waals surface area contributed by atoms with Gasteiger partial charge in [0.2, 0.25) is 0 Å². The van der Waals surface area contributed by atoms with Crippen LogP contribution in [0.25, 0.3) is 0 Å². The highest BCUT2D eigenvalue weighted by Gasteiger charge is 2.37. The monoisotopic (exact) mass is 288 g/mol. The van der Waals surface area contributed by atoms with Crippen molar-refractivity contribution in [3.05, 3.63) is 29.3 Å². The summed E-state index contributed by atoms with van der Waals surface area (Å²) >= 11 is 0. The van der Waals surface area contributed by atoms with Crippen molar-refractivity contribution in [1.29, 1.82) is 0 Å². The maximum absolute atomic E-state index is 6.18. The number of fused-ring (bicyclic) bond motifs is 1. The van der Waals surface area contributed by atoms with Gasteiger partial charge in [-0.1, -0.05) is 24.6 Å². The minimum absolute atomic E-state index is 0.251. The first-order valence-corrected chi connectivity index (χ1v) is 8.25. The molecule has 1 saturated heterocycles. The van der Waals surface area contributed by atoms with Crippen LogP contribution in [0.15, 0.2) is 18.2 Å². The van der Waals surface area contributed by atoms with E-state index in [0.29, 0.717) is 12.1 Å². The van der Waals surface area contributed by atoms with E-state index in [1.165, 1.54) is 17.5 Å². The molecule has 0 aliphatic carbocycles. The Hall–Kier alpha value is -1.06. The molecule has 2 heterocycles. The first-order chi connectivity index (χ1) is 10.00. The van der Waals surface area contributed by atoms with E-state index in [-0.39, 0.29) is 5.54 Å². The number of hydrogen-bond acceptors (Lipinski definition) is 3. The number of hydrogen-bond donors (Lipinski definition) is 1. The number of ether oxygens (including phenoxy) is 1. The van der Waals surface area contributed by atoms with E-state index in [2.05, 4.69) is 56.1 Å². The minimum atomic E-state index is 0.251. The summed E-state index contributed by atoms with van der Waals surface area (Å²) in [6, 6.07) is 7.11. The number of nitrogens with one attached hydrogen (secondary N) is 1. The number of aryl methyl sites for hydroxylation is 1. The van der Waals surface area contributed by atoms with Crippen LogP contribution in [-0.4, -0.2) is 42.2 Å². The van der Waals surface area contributed by atoms with Crippen LogP contribution in [0.4, 0.5) is 0 Å². The number of rotatable bonds is 3. The predicted molar refractivity (Wildman–Crippen MR) is 87.0 cm³/mol. The Balaban J connectivity index is 1.69. The number of nitrogens with zero attached hydrogens (tertiary/aromatic N) is 1. The molecule has 1 N–H and O–H groups in total. The average Bonchev–Trinajstić information content (AvgIpc) is 2.84. The van der Waals surface area contributed by atoms with Crippen molar-refractivity contribution in [2.24, 2.45) is 0 Å². The van der Waals surface area contributed by atoms with Crippen molar-refractivity contribution in [2.75, 3.05) is 19.6 Å². The van der Waals surface area contributed by atoms with Crippen molar-refractivity contribution in [3.8, 4) is 5.75 Å². The molecule has 1 aromatic carbocycles. The lowest BCUT2D eigenvalue weighted by molar-refractivity contribution is 0.0225. The van der Waals surface area contributed by atoms with Gasteiger partial charge in [0, 0.05) is 37.6 Å². The lowest BCUT2D eigenvalue weighted by Gasteiger charge is -2.48. The van der Waals surface area contributed by atoms with Crippen molar-refractivity contribution in [3.63, 3.8) is 0 Å². The number of piperazine rings is 1. The zero-order valence-corrected chi connectivity index (χ0v) is 13.8. The van der Waals surface area contributed by atoms with E-state index < -0.39 is 0 Å². The van der Waals surface area contributed by atoms with Crippen molar-refractivity contribution in [1.82, 2.24) is 10.2 Å². The van der Waals surface area contributed by atoms with Gasteiger partial charge in [-0.2, -0.15) is 0 Å². The normalized spacial score (nSPS) is 32.8. The van der Waals surface area contributed by atoms with Crippen LogP contribution < -0.4 is 10.1 Å². The average molecular weight is 288 g/mol. The van der Waals surface area contributed by atoms with Gasteiger partial charge < -0.3 is 10.1 Å². The van der Waals surface area contributed by atoms with E-state index in [4.69, 9.17) is 4.74 Å². The highest BCUT2D eigenvalue weighted by Crippen LogP contribution is 2.31. The molecule has 1 fully saturated rings. The van der Waals surface area contributed by atoms with Crippen molar-refractivity contribution < 1.29 is 4.74 Å². The minimum Gasteiger partial charge on any atom is -0.488 e. The maximum Gasteiger partial charge on any atom is 0.123 e. The summed E-state index contributed by atoms with van der Waals surface area (Å²) in [7, 11) is 0. The molecule has 116 valence electrons. The first kappa shape index (κ1) is 14.9. The van der Waals surface area contributed by atoms with Crippen LogP contribution in [0.3, 0.4) is 0 Å². The van der Waals surface area contributed by atoms with Crippen LogP contribution >= 0.6 is 0 Å². The van der Waals surface area contributed by atoms with Crippen molar-refractivity contribution >= 4 is 0 Å². The Morgan fingerprint density at radius 1 is 1.43 bits per heavy atom. The molecular formula is C18H28N2O. The Kier molecular flexibility index (Phi) is 3.98. The third-order valence-corrected chi connectivity index (χ3v) is 5.23. The van der Waals surface area contributed by atoms with Gasteiger partial charge in [0.15, 0.2) is 0 Å². The molecule has 3 nitrogen and oxygen atoms in total. The third-order valence-electron chi connectivity index (χ3n) is 5.23. The molecule has 21 heavy (non-hydrogen) atoms. The highest BCUT2D eigenvalue weighted by molar-refractivity contribution is 5.40. The van der Waals surface area contributed by atoms with Crippen LogP contribution in [0, 0.1) is 6.92 Å². The molecule has 0 aromatic heterocycles. The van der Waals surface area contributed by atoms with Gasteiger partial charge in [0.25, 0.3) is 0 Å². The standard InChI is InChI=1S/C18H28N2O/c1-5-18(4)12-19-14(3)10-20(18)11-16-9-15-8-13(2)6-7-17(15)21-16/h6-8,14,16,19H,5,9-12H2,1-4H3. The Morgan fingerprint density at radius 2 is 2.24 bits per heavy atom. The summed E-state index contributed by atoms with van der Waals surface area (Å²) < 4.78 is 6.18. The van der Waals surface area contributed by atoms with Gasteiger partial charge in [-0.05, 0) is 38.8 Å². The summed E-state index contributed by atoms with van der Waals surface area (Å²) in [6.45, 7) is 12.3. The summed E-state index contributed by atoms with van der Waals surface area (Å²) in [5.41, 5.74) is 2.95. The smallest absolute Gasteiger partial charge is 0.123 e. The lowest BCUT2D eigenvalue weighted by Crippen LogP contribution is -2.63. The molecular weight excluding hydrogens is 260 g/mol. The maximum atomic E-state index is 6.18. The molecule has 3 rings (SSSR count). The Morgan fingerprint density at radius 3 is 3.00 bits per heavy atom. The molecule has 3 atom stereocenters. The molecule has 3 unspecified atom stereocenters. The largest absolute Gasteiger partial charge is 0.488 e. The van der Waals surface area contributed by atoms with E-state index >= 15 is 0 Å². The molecule has 0 saturated carbocycles. The van der Waals surface area contributed by atoms with Crippen LogP contribution in [0.5, 0.6) is 5.75 Å². The predicted octanol–water partition coefficient (Wildman–Crippen LogP) is 2.76. The van der Waals surface area contributed by atoms with Crippen LogP contribution in [0.2, 0.25) is 0 Å². The van der Waals surface area contributed by atoms with E-state index in [9.17, 15) is 0 Å². The summed E-state index contributed by atoms with van der Waals surface area (Å²) in [5, 5.41) is 3.62.